The molecule has 0 saturated heterocycles. The number of halogens is 1. The number of fused-ring (bicyclic) bond motifs is 2. The Bertz CT molecular complexity index is 837. The van der Waals surface area contributed by atoms with E-state index in [0.717, 1.165) is 27.6 Å². The third-order valence-corrected chi connectivity index (χ3v) is 9.20. The first-order valence-electron chi connectivity index (χ1n) is 11.1. The van der Waals surface area contributed by atoms with Gasteiger partial charge in [-0.15, -0.1) is 0 Å². The molecule has 2 aromatic rings. The number of aromatic nitrogens is 2. The van der Waals surface area contributed by atoms with Crippen molar-refractivity contribution >= 4 is 77.5 Å². The van der Waals surface area contributed by atoms with Crippen LogP contribution >= 0.6 is 15.9 Å². The minimum absolute atomic E-state index is 0.543. The Morgan fingerprint density at radius 2 is 1.03 bits per heavy atom. The molecule has 10 heteroatoms. The molecule has 6 nitrogen and oxygen atoms in total. The molecular weight excluding hydrogens is 804 g/mol. The molecule has 0 amide bonds. The second kappa shape index (κ2) is 16.2. The molecule has 2 aliphatic heterocycles. The molecule has 0 spiro atoms. The summed E-state index contributed by atoms with van der Waals surface area (Å²) in [6.45, 7) is 2.50. The van der Waals surface area contributed by atoms with Crippen molar-refractivity contribution in [2.75, 3.05) is 26.4 Å². The van der Waals surface area contributed by atoms with Gasteiger partial charge >= 0.3 is 157 Å². The SMILES string of the molecule is Brc1cc2c(cn1)OCCO2.[CH3][Sn]([CH3])([CH3])[c]1cc2c(cn1)OCCO2.[CH3][Sn]([CH3])[CH3].[CH3][Sn]([CH3])[CH3]. The quantitative estimate of drug-likeness (QED) is 0.270. The second-order valence-electron chi connectivity index (χ2n) is 9.61. The first-order valence-corrected chi connectivity index (χ1v) is 39.0. The summed E-state index contributed by atoms with van der Waals surface area (Å²) in [6.07, 6.45) is 3.45. The molecule has 0 unspecified atom stereocenters. The maximum atomic E-state index is 5.53. The van der Waals surface area contributed by atoms with Crippen LogP contribution in [0.2, 0.25) is 44.5 Å². The number of hydrogen-bond donors (Lipinski definition) is 0. The molecule has 0 bridgehead atoms. The summed E-state index contributed by atoms with van der Waals surface area (Å²) in [5.41, 5.74) is 0. The molecule has 0 atom stereocenters. The molecule has 0 aliphatic carbocycles. The van der Waals surface area contributed by atoms with E-state index in [1.54, 1.807) is 18.5 Å². The first-order chi connectivity index (χ1) is 15.4. The predicted octanol–water partition coefficient (Wildman–Crippen LogP) is 5.75. The number of hydrogen-bond acceptors (Lipinski definition) is 6. The third kappa shape index (κ3) is 13.9. The van der Waals surface area contributed by atoms with Crippen molar-refractivity contribution in [3.63, 3.8) is 0 Å². The van der Waals surface area contributed by atoms with Crippen LogP contribution in [0.3, 0.4) is 0 Å². The zero-order valence-electron chi connectivity index (χ0n) is 21.5. The van der Waals surface area contributed by atoms with Gasteiger partial charge in [0.2, 0.25) is 0 Å². The summed E-state index contributed by atoms with van der Waals surface area (Å²) in [6, 6.07) is 3.86. The molecule has 4 rings (SSSR count). The number of ether oxygens (including phenoxy) is 4. The van der Waals surface area contributed by atoms with Gasteiger partial charge < -0.3 is 9.47 Å². The first kappa shape index (κ1) is 31.4. The van der Waals surface area contributed by atoms with Crippen LogP contribution in [-0.2, 0) is 0 Å². The summed E-state index contributed by atoms with van der Waals surface area (Å²) in [5.74, 6) is 3.14. The van der Waals surface area contributed by atoms with Gasteiger partial charge in [-0.25, -0.2) is 4.98 Å². The predicted molar refractivity (Wildman–Crippen MR) is 148 cm³/mol. The monoisotopic (exact) mass is 846 g/mol. The van der Waals surface area contributed by atoms with Crippen molar-refractivity contribution in [2.45, 2.75) is 44.5 Å². The van der Waals surface area contributed by atoms with Crippen LogP contribution in [0.5, 0.6) is 23.0 Å². The van der Waals surface area contributed by atoms with E-state index in [1.165, 1.54) is 3.71 Å². The zero-order valence-corrected chi connectivity index (χ0v) is 31.7. The van der Waals surface area contributed by atoms with E-state index in [9.17, 15) is 0 Å². The van der Waals surface area contributed by atoms with E-state index in [4.69, 9.17) is 18.9 Å². The van der Waals surface area contributed by atoms with Crippen molar-refractivity contribution < 1.29 is 18.9 Å². The fourth-order valence-electron chi connectivity index (χ4n) is 2.28. The standard InChI is InChI=1S/C7H6BrNO2.C7H6NO2.9CH3.3Sn/c8-7-3-5-6(4-9-7)11-2-1-10-5;1-2-8-5-7-6(1)9-3-4-10-7;;;;;;;;;;;;/h3-4H,1-2H2;1,5H,3-4H2;9*1H3;;;. The van der Waals surface area contributed by atoms with Crippen molar-refractivity contribution in [1.82, 2.24) is 9.97 Å². The van der Waals surface area contributed by atoms with E-state index >= 15 is 0 Å². The fourth-order valence-corrected chi connectivity index (χ4v) is 5.49. The summed E-state index contributed by atoms with van der Waals surface area (Å²) < 4.78 is 23.5. The molecule has 0 fully saturated rings. The van der Waals surface area contributed by atoms with Crippen molar-refractivity contribution in [3.05, 3.63) is 29.1 Å². The van der Waals surface area contributed by atoms with Gasteiger partial charge in [0.05, 0.1) is 6.20 Å². The van der Waals surface area contributed by atoms with E-state index in [1.807, 2.05) is 0 Å². The van der Waals surface area contributed by atoms with E-state index in [2.05, 4.69) is 76.4 Å². The van der Waals surface area contributed by atoms with E-state index in [0.29, 0.717) is 26.4 Å². The van der Waals surface area contributed by atoms with Crippen molar-refractivity contribution in [2.24, 2.45) is 0 Å². The van der Waals surface area contributed by atoms with Crippen LogP contribution in [0.15, 0.2) is 29.1 Å². The van der Waals surface area contributed by atoms with Crippen LogP contribution in [0.1, 0.15) is 0 Å². The minimum atomic E-state index is -2.05. The summed E-state index contributed by atoms with van der Waals surface area (Å²) in [4.78, 5) is 29.7. The van der Waals surface area contributed by atoms with Gasteiger partial charge in [-0.05, 0) is 15.9 Å². The van der Waals surface area contributed by atoms with E-state index in [-0.39, 0.29) is 0 Å². The maximum absolute atomic E-state index is 5.53. The Kier molecular flexibility index (Phi) is 15.4. The molecule has 2 aromatic heterocycles. The van der Waals surface area contributed by atoms with Crippen LogP contribution in [-0.4, -0.2) is 94.3 Å². The second-order valence-corrected chi connectivity index (χ2v) is 41.9. The van der Waals surface area contributed by atoms with Gasteiger partial charge in [0.15, 0.2) is 11.5 Å². The van der Waals surface area contributed by atoms with Crippen LogP contribution < -0.4 is 22.7 Å². The summed E-state index contributed by atoms with van der Waals surface area (Å²) in [7, 11) is 0. The van der Waals surface area contributed by atoms with Gasteiger partial charge in [-0.1, -0.05) is 0 Å². The number of rotatable bonds is 1. The molecule has 184 valence electrons. The number of pyridine rings is 2. The van der Waals surface area contributed by atoms with Gasteiger partial charge in [0.1, 0.15) is 17.8 Å². The zero-order chi connectivity index (χ0) is 25.0. The van der Waals surface area contributed by atoms with Gasteiger partial charge in [-0.3, -0.25) is 0 Å². The average molecular weight is 844 g/mol. The Labute approximate surface area is 227 Å². The molecule has 33 heavy (non-hydrogen) atoms. The van der Waals surface area contributed by atoms with E-state index < -0.39 is 57.9 Å². The molecule has 0 N–H and O–H groups in total. The molecule has 2 aliphatic rings. The van der Waals surface area contributed by atoms with Crippen LogP contribution in [0.4, 0.5) is 0 Å². The van der Waals surface area contributed by atoms with Crippen molar-refractivity contribution in [3.8, 4) is 23.0 Å². The van der Waals surface area contributed by atoms with Gasteiger partial charge in [0.25, 0.3) is 0 Å². The Balaban J connectivity index is 0.000000254. The Hall–Kier alpha value is 0.376. The topological polar surface area (TPSA) is 62.7 Å². The molecular formula is C23H39BrN2O4Sn3. The van der Waals surface area contributed by atoms with Gasteiger partial charge in [0, 0.05) is 6.07 Å². The molecule has 2 radical (unpaired) electrons. The normalized spacial score (nSPS) is 13.6. The molecule has 0 saturated carbocycles. The van der Waals surface area contributed by atoms with Crippen LogP contribution in [0, 0.1) is 0 Å². The average Bonchev–Trinajstić information content (AvgIpc) is 2.72. The fraction of sp³-hybridized carbons (Fsp3) is 0.565. The molecule has 0 aromatic carbocycles. The van der Waals surface area contributed by atoms with Gasteiger partial charge in [-0.2, -0.15) is 0 Å². The Morgan fingerprint density at radius 1 is 0.667 bits per heavy atom. The summed E-state index contributed by atoms with van der Waals surface area (Å²) >= 11 is 0.106. The van der Waals surface area contributed by atoms with Crippen LogP contribution in [0.25, 0.3) is 0 Å². The molecule has 4 heterocycles. The third-order valence-electron chi connectivity index (χ3n) is 3.60. The summed E-state index contributed by atoms with van der Waals surface area (Å²) in [5, 5.41) is 0. The Morgan fingerprint density at radius 3 is 1.45 bits per heavy atom. The van der Waals surface area contributed by atoms with Crippen molar-refractivity contribution in [1.29, 1.82) is 0 Å². The number of nitrogens with zero attached hydrogens (tertiary/aromatic N) is 2.